The fourth-order valence-electron chi connectivity index (χ4n) is 3.38. The summed E-state index contributed by atoms with van der Waals surface area (Å²) in [5.41, 5.74) is 4.22. The van der Waals surface area contributed by atoms with Crippen LogP contribution in [-0.4, -0.2) is 26.4 Å². The number of carbonyl (C=O) groups is 1. The molecule has 5 nitrogen and oxygen atoms in total. The Morgan fingerprint density at radius 2 is 1.83 bits per heavy atom. The van der Waals surface area contributed by atoms with Crippen LogP contribution in [-0.2, 0) is 4.79 Å². The molecular formula is C23H21BrN4OS. The molecule has 0 aliphatic heterocycles. The van der Waals surface area contributed by atoms with E-state index in [-0.39, 0.29) is 11.7 Å². The molecule has 4 rings (SSSR count). The Morgan fingerprint density at radius 1 is 1.03 bits per heavy atom. The van der Waals surface area contributed by atoms with Crippen LogP contribution in [0.2, 0.25) is 0 Å². The Balaban J connectivity index is 1.62. The first-order valence-electron chi connectivity index (χ1n) is 9.53. The van der Waals surface area contributed by atoms with Crippen molar-refractivity contribution in [1.82, 2.24) is 14.8 Å². The van der Waals surface area contributed by atoms with Crippen molar-refractivity contribution in [2.75, 3.05) is 11.1 Å². The first-order chi connectivity index (χ1) is 14.4. The number of benzene rings is 3. The normalized spacial score (nSPS) is 11.1. The van der Waals surface area contributed by atoms with E-state index in [2.05, 4.69) is 75.6 Å². The lowest BCUT2D eigenvalue weighted by Gasteiger charge is -2.14. The van der Waals surface area contributed by atoms with Crippen LogP contribution in [0, 0.1) is 20.8 Å². The highest BCUT2D eigenvalue weighted by molar-refractivity contribution is 9.10. The largest absolute Gasteiger partial charge is 0.324 e. The van der Waals surface area contributed by atoms with E-state index in [1.165, 1.54) is 28.3 Å². The molecule has 0 aliphatic rings. The third-order valence-electron chi connectivity index (χ3n) is 4.88. The summed E-state index contributed by atoms with van der Waals surface area (Å²) in [6.07, 6.45) is 0. The predicted octanol–water partition coefficient (Wildman–Crippen LogP) is 5.84. The van der Waals surface area contributed by atoms with Crippen molar-refractivity contribution >= 4 is 50.1 Å². The molecule has 3 aromatic carbocycles. The average Bonchev–Trinajstić information content (AvgIpc) is 3.09. The first-order valence-corrected chi connectivity index (χ1v) is 11.3. The van der Waals surface area contributed by atoms with Crippen LogP contribution in [0.4, 0.5) is 5.69 Å². The minimum absolute atomic E-state index is 0.0940. The van der Waals surface area contributed by atoms with Gasteiger partial charge >= 0.3 is 0 Å². The van der Waals surface area contributed by atoms with Crippen LogP contribution in [0.15, 0.2) is 64.2 Å². The summed E-state index contributed by atoms with van der Waals surface area (Å²) in [4.78, 5) is 12.5. The fraction of sp³-hybridized carbons (Fsp3) is 0.174. The molecule has 0 saturated heterocycles. The smallest absolute Gasteiger partial charge is 0.234 e. The van der Waals surface area contributed by atoms with Crippen molar-refractivity contribution in [1.29, 1.82) is 0 Å². The number of nitrogens with one attached hydrogen (secondary N) is 1. The van der Waals surface area contributed by atoms with E-state index in [9.17, 15) is 4.79 Å². The molecule has 30 heavy (non-hydrogen) atoms. The highest BCUT2D eigenvalue weighted by Gasteiger charge is 2.16. The maximum Gasteiger partial charge on any atom is 0.234 e. The van der Waals surface area contributed by atoms with Gasteiger partial charge in [-0.1, -0.05) is 53.7 Å². The molecule has 1 heterocycles. The molecule has 0 unspecified atom stereocenters. The van der Waals surface area contributed by atoms with Crippen molar-refractivity contribution < 1.29 is 4.79 Å². The van der Waals surface area contributed by atoms with Gasteiger partial charge in [0.1, 0.15) is 5.82 Å². The lowest BCUT2D eigenvalue weighted by molar-refractivity contribution is -0.113. The summed E-state index contributed by atoms with van der Waals surface area (Å²) < 4.78 is 2.87. The molecule has 1 N–H and O–H groups in total. The summed E-state index contributed by atoms with van der Waals surface area (Å²) in [5.74, 6) is 0.931. The lowest BCUT2D eigenvalue weighted by atomic mass is 10.0. The van der Waals surface area contributed by atoms with E-state index in [0.29, 0.717) is 5.16 Å². The summed E-state index contributed by atoms with van der Waals surface area (Å²) in [6.45, 7) is 6.14. The number of rotatable bonds is 5. The fourth-order valence-corrected chi connectivity index (χ4v) is 4.55. The topological polar surface area (TPSA) is 59.8 Å². The molecule has 1 aromatic heterocycles. The Kier molecular flexibility index (Phi) is 5.92. The average molecular weight is 481 g/mol. The van der Waals surface area contributed by atoms with Crippen LogP contribution in [0.25, 0.3) is 16.5 Å². The zero-order valence-corrected chi connectivity index (χ0v) is 19.3. The van der Waals surface area contributed by atoms with Gasteiger partial charge in [-0.05, 0) is 65.8 Å². The van der Waals surface area contributed by atoms with Crippen molar-refractivity contribution in [3.05, 3.63) is 76.0 Å². The number of amides is 1. The van der Waals surface area contributed by atoms with Crippen LogP contribution in [0.5, 0.6) is 0 Å². The number of hydrogen-bond donors (Lipinski definition) is 1. The van der Waals surface area contributed by atoms with E-state index in [4.69, 9.17) is 0 Å². The number of anilines is 1. The zero-order valence-electron chi connectivity index (χ0n) is 16.9. The minimum atomic E-state index is -0.0940. The predicted molar refractivity (Wildman–Crippen MR) is 127 cm³/mol. The number of thioether (sulfide) groups is 1. The summed E-state index contributed by atoms with van der Waals surface area (Å²) in [7, 11) is 0. The SMILES string of the molecule is Cc1ccc2c(-n3c(C)nnc3SCC(=O)Nc3ccccc3Br)ccc(C)c2c1. The summed E-state index contributed by atoms with van der Waals surface area (Å²) >= 11 is 4.83. The molecule has 0 radical (unpaired) electrons. The van der Waals surface area contributed by atoms with Crippen molar-refractivity contribution in [3.63, 3.8) is 0 Å². The highest BCUT2D eigenvalue weighted by atomic mass is 79.9. The number of nitrogens with zero attached hydrogens (tertiary/aromatic N) is 3. The van der Waals surface area contributed by atoms with Gasteiger partial charge in [-0.2, -0.15) is 0 Å². The number of carbonyl (C=O) groups excluding carboxylic acids is 1. The maximum atomic E-state index is 12.5. The number of para-hydroxylation sites is 1. The van der Waals surface area contributed by atoms with Gasteiger partial charge < -0.3 is 5.32 Å². The molecule has 7 heteroatoms. The van der Waals surface area contributed by atoms with Gasteiger partial charge in [0.2, 0.25) is 5.91 Å². The van der Waals surface area contributed by atoms with E-state index < -0.39 is 0 Å². The molecule has 4 aromatic rings. The molecule has 1 amide bonds. The number of aryl methyl sites for hydroxylation is 3. The Hall–Kier alpha value is -2.64. The summed E-state index contributed by atoms with van der Waals surface area (Å²) in [5, 5.41) is 14.6. The second-order valence-electron chi connectivity index (χ2n) is 7.13. The maximum absolute atomic E-state index is 12.5. The van der Waals surface area contributed by atoms with Gasteiger partial charge in [-0.15, -0.1) is 10.2 Å². The number of halogens is 1. The van der Waals surface area contributed by atoms with Gasteiger partial charge in [0, 0.05) is 9.86 Å². The third kappa shape index (κ3) is 4.13. The van der Waals surface area contributed by atoms with Gasteiger partial charge in [0.05, 0.1) is 17.1 Å². The Labute approximate surface area is 188 Å². The molecule has 0 fully saturated rings. The second-order valence-corrected chi connectivity index (χ2v) is 8.93. The molecule has 0 spiro atoms. The van der Waals surface area contributed by atoms with Crippen LogP contribution < -0.4 is 5.32 Å². The molecule has 0 atom stereocenters. The van der Waals surface area contributed by atoms with Crippen LogP contribution in [0.1, 0.15) is 17.0 Å². The zero-order chi connectivity index (χ0) is 21.3. The van der Waals surface area contributed by atoms with E-state index in [1.807, 2.05) is 35.8 Å². The highest BCUT2D eigenvalue weighted by Crippen LogP contribution is 2.30. The van der Waals surface area contributed by atoms with Gasteiger partial charge in [-0.3, -0.25) is 9.36 Å². The van der Waals surface area contributed by atoms with Crippen molar-refractivity contribution in [2.45, 2.75) is 25.9 Å². The monoisotopic (exact) mass is 480 g/mol. The van der Waals surface area contributed by atoms with Gasteiger partial charge in [-0.25, -0.2) is 0 Å². The minimum Gasteiger partial charge on any atom is -0.324 e. The molecule has 0 saturated carbocycles. The molecule has 0 aliphatic carbocycles. The Bertz CT molecular complexity index is 1250. The van der Waals surface area contributed by atoms with Gasteiger partial charge in [0.15, 0.2) is 5.16 Å². The lowest BCUT2D eigenvalue weighted by Crippen LogP contribution is -2.15. The third-order valence-corrected chi connectivity index (χ3v) is 6.50. The van der Waals surface area contributed by atoms with Crippen LogP contribution in [0.3, 0.4) is 0 Å². The Morgan fingerprint density at radius 3 is 2.63 bits per heavy atom. The number of aromatic nitrogens is 3. The quantitative estimate of drug-likeness (QED) is 0.364. The standard InChI is InChI=1S/C23H21BrN4OS/c1-14-8-10-17-18(12-14)15(2)9-11-21(17)28-16(3)26-27-23(28)30-13-22(29)25-20-7-5-4-6-19(20)24/h4-12H,13H2,1-3H3,(H,25,29). The molecule has 0 bridgehead atoms. The first kappa shape index (κ1) is 20.6. The number of hydrogen-bond acceptors (Lipinski definition) is 4. The van der Waals surface area contributed by atoms with E-state index in [0.717, 1.165) is 27.1 Å². The molecule has 152 valence electrons. The van der Waals surface area contributed by atoms with Crippen LogP contribution >= 0.6 is 27.7 Å². The molecular weight excluding hydrogens is 460 g/mol. The van der Waals surface area contributed by atoms with Gasteiger partial charge in [0.25, 0.3) is 0 Å². The van der Waals surface area contributed by atoms with Crippen molar-refractivity contribution in [3.8, 4) is 5.69 Å². The van der Waals surface area contributed by atoms with Crippen molar-refractivity contribution in [2.24, 2.45) is 0 Å². The number of fused-ring (bicyclic) bond motifs is 1. The van der Waals surface area contributed by atoms with E-state index in [1.54, 1.807) is 0 Å². The summed E-state index contributed by atoms with van der Waals surface area (Å²) in [6, 6.07) is 18.2. The second kappa shape index (κ2) is 8.62. The van der Waals surface area contributed by atoms with E-state index >= 15 is 0 Å².